The third-order valence-electron chi connectivity index (χ3n) is 5.95. The zero-order valence-electron chi connectivity index (χ0n) is 19.4. The van der Waals surface area contributed by atoms with Gasteiger partial charge < -0.3 is 24.8 Å². The highest BCUT2D eigenvalue weighted by Gasteiger charge is 2.21. The summed E-state index contributed by atoms with van der Waals surface area (Å²) in [5, 5.41) is 6.10. The van der Waals surface area contributed by atoms with E-state index in [1.54, 1.807) is 23.8 Å². The summed E-state index contributed by atoms with van der Waals surface area (Å²) in [6.45, 7) is 4.52. The molecule has 1 atom stereocenters. The van der Waals surface area contributed by atoms with Gasteiger partial charge in [0, 0.05) is 48.2 Å². The van der Waals surface area contributed by atoms with E-state index in [0.29, 0.717) is 61.4 Å². The lowest BCUT2D eigenvalue weighted by Crippen LogP contribution is -2.47. The van der Waals surface area contributed by atoms with Crippen LogP contribution < -0.4 is 25.7 Å². The summed E-state index contributed by atoms with van der Waals surface area (Å²) in [6.07, 6.45) is 1.34. The molecular formula is C23H31N7O5. The summed E-state index contributed by atoms with van der Waals surface area (Å²) < 4.78 is 18.1. The van der Waals surface area contributed by atoms with Crippen molar-refractivity contribution < 1.29 is 21.9 Å². The third kappa shape index (κ3) is 5.39. The molecule has 35 heavy (non-hydrogen) atoms. The van der Waals surface area contributed by atoms with Crippen molar-refractivity contribution in [3.8, 4) is 11.6 Å². The molecule has 0 bridgehead atoms. The van der Waals surface area contributed by atoms with Crippen LogP contribution >= 0.6 is 0 Å². The van der Waals surface area contributed by atoms with Gasteiger partial charge in [0.1, 0.15) is 5.52 Å². The Hall–Kier alpha value is -3.61. The van der Waals surface area contributed by atoms with Crippen molar-refractivity contribution in [1.82, 2.24) is 29.7 Å². The lowest BCUT2D eigenvalue weighted by molar-refractivity contribution is -0.118. The fraction of sp³-hybridized carbons (Fsp3) is 0.435. The van der Waals surface area contributed by atoms with Crippen molar-refractivity contribution >= 4 is 22.9 Å². The van der Waals surface area contributed by atoms with Gasteiger partial charge in [0.25, 0.3) is 11.5 Å². The molecule has 3 aromatic rings. The molecular weight excluding hydrogens is 454 g/mol. The van der Waals surface area contributed by atoms with Gasteiger partial charge in [-0.1, -0.05) is 0 Å². The van der Waals surface area contributed by atoms with Crippen molar-refractivity contribution in [2.45, 2.75) is 19.2 Å². The Labute approximate surface area is 204 Å². The van der Waals surface area contributed by atoms with Crippen LogP contribution in [0.4, 0.5) is 5.82 Å². The first-order valence-electron chi connectivity index (χ1n) is 11.5. The maximum Gasteiger partial charge on any atom is 0.270 e. The molecule has 0 radical (unpaired) electrons. The molecule has 3 aromatic heterocycles. The van der Waals surface area contributed by atoms with Crippen LogP contribution in [-0.4, -0.2) is 82.9 Å². The van der Waals surface area contributed by atoms with Crippen LogP contribution in [0.15, 0.2) is 35.3 Å². The lowest BCUT2D eigenvalue weighted by Gasteiger charge is -2.33. The minimum atomic E-state index is -0.206. The molecule has 1 amide bonds. The number of amides is 1. The molecule has 2 N–H and O–H groups in total. The smallest absolute Gasteiger partial charge is 0.270 e. The number of pyridine rings is 2. The van der Waals surface area contributed by atoms with E-state index < -0.39 is 0 Å². The van der Waals surface area contributed by atoms with E-state index in [2.05, 4.69) is 30.5 Å². The fourth-order valence-electron chi connectivity index (χ4n) is 4.16. The van der Waals surface area contributed by atoms with Gasteiger partial charge in [-0.2, -0.15) is 4.98 Å². The number of nitrogens with one attached hydrogen (secondary N) is 2. The number of methoxy groups -OCH3 is 1. The van der Waals surface area contributed by atoms with E-state index in [9.17, 15) is 9.59 Å². The van der Waals surface area contributed by atoms with Gasteiger partial charge in [-0.15, -0.1) is 0 Å². The Balaban J connectivity index is 0.00000190. The van der Waals surface area contributed by atoms with Crippen LogP contribution in [0, 0.1) is 0 Å². The quantitative estimate of drug-likeness (QED) is 0.465. The largest absolute Gasteiger partial charge is 0.481 e. The van der Waals surface area contributed by atoms with Crippen LogP contribution in [0.5, 0.6) is 11.6 Å². The van der Waals surface area contributed by atoms with E-state index >= 15 is 0 Å². The van der Waals surface area contributed by atoms with E-state index in [0.717, 1.165) is 18.8 Å². The fourth-order valence-corrected chi connectivity index (χ4v) is 4.16. The first-order valence-corrected chi connectivity index (χ1v) is 11.5. The van der Waals surface area contributed by atoms with Crippen LogP contribution in [0.25, 0.3) is 11.2 Å². The summed E-state index contributed by atoms with van der Waals surface area (Å²) >= 11 is 0. The minimum absolute atomic E-state index is 0. The van der Waals surface area contributed by atoms with Gasteiger partial charge in [-0.25, -0.2) is 9.97 Å². The van der Waals surface area contributed by atoms with Crippen molar-refractivity contribution in [2.75, 3.05) is 51.8 Å². The average Bonchev–Trinajstić information content (AvgIpc) is 2.88. The maximum absolute atomic E-state index is 12.5. The Bertz CT molecular complexity index is 1290. The lowest BCUT2D eigenvalue weighted by atomic mass is 10.2. The van der Waals surface area contributed by atoms with Gasteiger partial charge in [0.05, 0.1) is 31.7 Å². The predicted molar refractivity (Wildman–Crippen MR) is 131 cm³/mol. The zero-order valence-corrected chi connectivity index (χ0v) is 19.4. The Morgan fingerprint density at radius 1 is 1.23 bits per heavy atom. The molecule has 5 heterocycles. The summed E-state index contributed by atoms with van der Waals surface area (Å²) in [4.78, 5) is 39.3. The Morgan fingerprint density at radius 3 is 3.03 bits per heavy atom. The molecule has 188 valence electrons. The number of ether oxygens (including phenoxy) is 3. The Morgan fingerprint density at radius 2 is 2.14 bits per heavy atom. The SMILES string of the molecule is COc1ccc2ncc(=O)n(CCN3CCO[C@@H](CNCc4ccc5c(n4)NC(=O)CO5)C3)c2n1.[HH].[HH]. The number of hydrogen-bond donors (Lipinski definition) is 2. The van der Waals surface area contributed by atoms with Gasteiger partial charge in [-0.05, 0) is 18.2 Å². The molecule has 0 unspecified atom stereocenters. The second-order valence-electron chi connectivity index (χ2n) is 8.35. The highest BCUT2D eigenvalue weighted by Crippen LogP contribution is 2.25. The molecule has 1 fully saturated rings. The van der Waals surface area contributed by atoms with E-state index in [-0.39, 0.29) is 27.0 Å². The molecule has 12 heteroatoms. The van der Waals surface area contributed by atoms with Crippen LogP contribution in [0.2, 0.25) is 0 Å². The van der Waals surface area contributed by atoms with Crippen LogP contribution in [0.3, 0.4) is 0 Å². The number of morpholine rings is 1. The molecule has 2 aliphatic heterocycles. The number of aromatic nitrogens is 4. The van der Waals surface area contributed by atoms with Gasteiger partial charge in [0.2, 0.25) is 5.88 Å². The number of nitrogens with zero attached hydrogens (tertiary/aromatic N) is 5. The van der Waals surface area contributed by atoms with Crippen molar-refractivity contribution in [1.29, 1.82) is 0 Å². The summed E-state index contributed by atoms with van der Waals surface area (Å²) in [7, 11) is 1.54. The van der Waals surface area contributed by atoms with Crippen molar-refractivity contribution in [3.63, 3.8) is 0 Å². The second kappa shape index (κ2) is 10.3. The maximum atomic E-state index is 12.5. The number of rotatable bonds is 8. The number of anilines is 1. The molecule has 1 saturated heterocycles. The normalized spacial score (nSPS) is 18.1. The molecule has 0 saturated carbocycles. The van der Waals surface area contributed by atoms with Gasteiger partial charge in [-0.3, -0.25) is 19.1 Å². The van der Waals surface area contributed by atoms with Gasteiger partial charge in [0.15, 0.2) is 23.8 Å². The predicted octanol–water partition coefficient (Wildman–Crippen LogP) is 0.509. The van der Waals surface area contributed by atoms with Crippen LogP contribution in [-0.2, 0) is 22.6 Å². The standard InChI is InChI=1S/C23H27N7O5.2H2/c1-33-20-5-3-17-23(28-20)30(21(32)12-25-17)7-6-29-8-9-34-16(13-29)11-24-10-15-2-4-18-22(26-15)27-19(31)14-35-18;;/h2-5,12,16,24H,6-11,13-14H2,1H3,(H,26,27,31);2*1H/t16-;;/m0../s1. The number of fused-ring (bicyclic) bond motifs is 2. The summed E-state index contributed by atoms with van der Waals surface area (Å²) in [6, 6.07) is 7.21. The van der Waals surface area contributed by atoms with Crippen molar-refractivity contribution in [3.05, 3.63) is 46.5 Å². The Kier molecular flexibility index (Phi) is 6.84. The summed E-state index contributed by atoms with van der Waals surface area (Å²) in [5.41, 5.74) is 1.77. The highest BCUT2D eigenvalue weighted by molar-refractivity contribution is 5.94. The molecule has 12 nitrogen and oxygen atoms in total. The summed E-state index contributed by atoms with van der Waals surface area (Å²) in [5.74, 6) is 1.27. The molecule has 5 rings (SSSR count). The number of hydrogen-bond acceptors (Lipinski definition) is 10. The van der Waals surface area contributed by atoms with Crippen LogP contribution in [0.1, 0.15) is 8.55 Å². The van der Waals surface area contributed by atoms with E-state index in [1.807, 2.05) is 12.1 Å². The van der Waals surface area contributed by atoms with Gasteiger partial charge >= 0.3 is 0 Å². The number of carbonyl (C=O) groups excluding carboxylic acids is 1. The molecule has 0 aromatic carbocycles. The number of carbonyl (C=O) groups is 1. The molecule has 0 spiro atoms. The van der Waals surface area contributed by atoms with E-state index in [4.69, 9.17) is 14.2 Å². The molecule has 0 aliphatic carbocycles. The minimum Gasteiger partial charge on any atom is -0.481 e. The average molecular weight is 486 g/mol. The third-order valence-corrected chi connectivity index (χ3v) is 5.95. The topological polar surface area (TPSA) is 133 Å². The zero-order chi connectivity index (χ0) is 24.2. The molecule has 2 aliphatic rings. The first kappa shape index (κ1) is 23.1. The monoisotopic (exact) mass is 485 g/mol. The van der Waals surface area contributed by atoms with E-state index in [1.165, 1.54) is 6.20 Å². The highest BCUT2D eigenvalue weighted by atomic mass is 16.5. The first-order chi connectivity index (χ1) is 17.1. The van der Waals surface area contributed by atoms with Crippen molar-refractivity contribution in [2.24, 2.45) is 0 Å². The second-order valence-corrected chi connectivity index (χ2v) is 8.35.